The van der Waals surface area contributed by atoms with Gasteiger partial charge in [0.15, 0.2) is 0 Å². The molecular formula is C18H16N2O3. The summed E-state index contributed by atoms with van der Waals surface area (Å²) >= 11 is 0. The lowest BCUT2D eigenvalue weighted by atomic mass is 10.0. The SMILES string of the molecule is Cc1cc(C)c(C(=O)O)cc1NC(=O)c1ccc(CC#N)cc1. The van der Waals surface area contributed by atoms with Crippen molar-refractivity contribution >= 4 is 17.6 Å². The number of hydrogen-bond donors (Lipinski definition) is 2. The molecule has 0 aliphatic heterocycles. The number of hydrogen-bond acceptors (Lipinski definition) is 3. The largest absolute Gasteiger partial charge is 0.478 e. The van der Waals surface area contributed by atoms with E-state index in [4.69, 9.17) is 5.26 Å². The topological polar surface area (TPSA) is 90.2 Å². The Bertz CT molecular complexity index is 802. The number of nitriles is 1. The predicted molar refractivity (Wildman–Crippen MR) is 86.6 cm³/mol. The fourth-order valence-corrected chi connectivity index (χ4v) is 2.28. The summed E-state index contributed by atoms with van der Waals surface area (Å²) in [5, 5.41) is 20.5. The molecule has 1 amide bonds. The van der Waals surface area contributed by atoms with E-state index < -0.39 is 5.97 Å². The van der Waals surface area contributed by atoms with Gasteiger partial charge in [0, 0.05) is 11.3 Å². The molecule has 5 nitrogen and oxygen atoms in total. The van der Waals surface area contributed by atoms with Crippen LogP contribution in [-0.4, -0.2) is 17.0 Å². The summed E-state index contributed by atoms with van der Waals surface area (Å²) in [4.78, 5) is 23.5. The number of carbonyl (C=O) groups is 2. The third-order valence-electron chi connectivity index (χ3n) is 3.55. The molecule has 116 valence electrons. The molecule has 0 radical (unpaired) electrons. The Balaban J connectivity index is 2.24. The number of anilines is 1. The average Bonchev–Trinajstić information content (AvgIpc) is 2.50. The Hall–Kier alpha value is -3.13. The van der Waals surface area contributed by atoms with Gasteiger partial charge < -0.3 is 10.4 Å². The van der Waals surface area contributed by atoms with Crippen molar-refractivity contribution in [3.8, 4) is 6.07 Å². The van der Waals surface area contributed by atoms with E-state index >= 15 is 0 Å². The number of nitrogens with one attached hydrogen (secondary N) is 1. The van der Waals surface area contributed by atoms with Gasteiger partial charge in [-0.25, -0.2) is 4.79 Å². The van der Waals surface area contributed by atoms with E-state index in [1.165, 1.54) is 6.07 Å². The smallest absolute Gasteiger partial charge is 0.336 e. The minimum absolute atomic E-state index is 0.162. The first-order valence-electron chi connectivity index (χ1n) is 7.04. The van der Waals surface area contributed by atoms with Crippen LogP contribution in [0.4, 0.5) is 5.69 Å². The maximum atomic E-state index is 12.3. The van der Waals surface area contributed by atoms with Crippen LogP contribution < -0.4 is 5.32 Å². The quantitative estimate of drug-likeness (QED) is 0.906. The summed E-state index contributed by atoms with van der Waals surface area (Å²) in [5.41, 5.74) is 3.36. The highest BCUT2D eigenvalue weighted by molar-refractivity contribution is 6.05. The molecule has 0 spiro atoms. The van der Waals surface area contributed by atoms with Crippen LogP contribution in [0.25, 0.3) is 0 Å². The summed E-state index contributed by atoms with van der Waals surface area (Å²) < 4.78 is 0. The molecule has 2 N–H and O–H groups in total. The molecule has 0 atom stereocenters. The fourth-order valence-electron chi connectivity index (χ4n) is 2.28. The van der Waals surface area contributed by atoms with Crippen LogP contribution >= 0.6 is 0 Å². The van der Waals surface area contributed by atoms with Crippen molar-refractivity contribution in [2.24, 2.45) is 0 Å². The lowest BCUT2D eigenvalue weighted by Crippen LogP contribution is -2.14. The molecule has 0 aliphatic carbocycles. The molecule has 2 aromatic carbocycles. The first-order chi connectivity index (χ1) is 10.9. The molecule has 2 aromatic rings. The van der Waals surface area contributed by atoms with E-state index in [9.17, 15) is 14.7 Å². The van der Waals surface area contributed by atoms with Gasteiger partial charge in [0.2, 0.25) is 0 Å². The average molecular weight is 308 g/mol. The van der Waals surface area contributed by atoms with E-state index in [0.717, 1.165) is 11.1 Å². The minimum atomic E-state index is -1.03. The Morgan fingerprint density at radius 3 is 2.35 bits per heavy atom. The van der Waals surface area contributed by atoms with Crippen LogP contribution in [0.1, 0.15) is 37.4 Å². The second-order valence-electron chi connectivity index (χ2n) is 5.27. The molecule has 0 heterocycles. The standard InChI is InChI=1S/C18H16N2O3/c1-11-9-12(2)16(10-15(11)18(22)23)20-17(21)14-5-3-13(4-6-14)7-8-19/h3-6,9-10H,7H2,1-2H3,(H,20,21)(H,22,23). The highest BCUT2D eigenvalue weighted by Crippen LogP contribution is 2.21. The summed E-state index contributed by atoms with van der Waals surface area (Å²) in [6.45, 7) is 3.53. The van der Waals surface area contributed by atoms with Crippen molar-refractivity contribution in [3.05, 3.63) is 64.2 Å². The van der Waals surface area contributed by atoms with Crippen LogP contribution in [0.5, 0.6) is 0 Å². The Morgan fingerprint density at radius 2 is 1.78 bits per heavy atom. The number of carboxylic acid groups (broad SMARTS) is 1. The van der Waals surface area contributed by atoms with Crippen molar-refractivity contribution in [1.29, 1.82) is 5.26 Å². The molecule has 0 unspecified atom stereocenters. The van der Waals surface area contributed by atoms with Crippen molar-refractivity contribution in [1.82, 2.24) is 0 Å². The second kappa shape index (κ2) is 6.75. The Morgan fingerprint density at radius 1 is 1.13 bits per heavy atom. The normalized spacial score (nSPS) is 9.96. The maximum absolute atomic E-state index is 12.3. The van der Waals surface area contributed by atoms with Gasteiger partial charge >= 0.3 is 5.97 Å². The third kappa shape index (κ3) is 3.74. The molecule has 23 heavy (non-hydrogen) atoms. The lowest BCUT2D eigenvalue weighted by molar-refractivity contribution is 0.0695. The van der Waals surface area contributed by atoms with Gasteiger partial charge in [0.05, 0.1) is 18.1 Å². The van der Waals surface area contributed by atoms with Crippen LogP contribution in [0, 0.1) is 25.2 Å². The number of benzene rings is 2. The molecule has 0 saturated heterocycles. The number of nitrogens with zero attached hydrogens (tertiary/aromatic N) is 1. The highest BCUT2D eigenvalue weighted by Gasteiger charge is 2.13. The number of carboxylic acids is 1. The molecular weight excluding hydrogens is 292 g/mol. The van der Waals surface area contributed by atoms with Gasteiger partial charge in [-0.3, -0.25) is 4.79 Å². The summed E-state index contributed by atoms with van der Waals surface area (Å²) in [6, 6.07) is 12.0. The van der Waals surface area contributed by atoms with Crippen molar-refractivity contribution in [2.45, 2.75) is 20.3 Å². The molecule has 0 fully saturated rings. The van der Waals surface area contributed by atoms with E-state index in [1.54, 1.807) is 37.3 Å². The zero-order valence-corrected chi connectivity index (χ0v) is 12.9. The number of rotatable bonds is 4. The number of carbonyl (C=O) groups excluding carboxylic acids is 1. The van der Waals surface area contributed by atoms with Crippen LogP contribution in [-0.2, 0) is 6.42 Å². The van der Waals surface area contributed by atoms with E-state index in [2.05, 4.69) is 5.32 Å². The summed E-state index contributed by atoms with van der Waals surface area (Å²) in [6.07, 6.45) is 0.293. The zero-order chi connectivity index (χ0) is 17.0. The van der Waals surface area contributed by atoms with Gasteiger partial charge in [-0.2, -0.15) is 5.26 Å². The van der Waals surface area contributed by atoms with Gasteiger partial charge in [0.1, 0.15) is 0 Å². The van der Waals surface area contributed by atoms with Crippen LogP contribution in [0.3, 0.4) is 0 Å². The van der Waals surface area contributed by atoms with Gasteiger partial charge in [0.25, 0.3) is 5.91 Å². The Kier molecular flexibility index (Phi) is 4.77. The number of amides is 1. The second-order valence-corrected chi connectivity index (χ2v) is 5.27. The zero-order valence-electron chi connectivity index (χ0n) is 12.9. The highest BCUT2D eigenvalue weighted by atomic mass is 16.4. The molecule has 0 saturated carbocycles. The van der Waals surface area contributed by atoms with E-state index in [0.29, 0.717) is 23.2 Å². The maximum Gasteiger partial charge on any atom is 0.336 e. The van der Waals surface area contributed by atoms with Crippen LogP contribution in [0.2, 0.25) is 0 Å². The third-order valence-corrected chi connectivity index (χ3v) is 3.55. The van der Waals surface area contributed by atoms with Crippen molar-refractivity contribution in [2.75, 3.05) is 5.32 Å². The first kappa shape index (κ1) is 16.2. The van der Waals surface area contributed by atoms with Crippen molar-refractivity contribution in [3.63, 3.8) is 0 Å². The van der Waals surface area contributed by atoms with Gasteiger partial charge in [-0.1, -0.05) is 18.2 Å². The summed E-state index contributed by atoms with van der Waals surface area (Å²) in [5.74, 6) is -1.35. The monoisotopic (exact) mass is 308 g/mol. The molecule has 5 heteroatoms. The minimum Gasteiger partial charge on any atom is -0.478 e. The predicted octanol–water partition coefficient (Wildman–Crippen LogP) is 3.32. The first-order valence-corrected chi connectivity index (χ1v) is 7.04. The summed E-state index contributed by atoms with van der Waals surface area (Å²) in [7, 11) is 0. The van der Waals surface area contributed by atoms with Gasteiger partial charge in [-0.15, -0.1) is 0 Å². The lowest BCUT2D eigenvalue weighted by Gasteiger charge is -2.11. The van der Waals surface area contributed by atoms with E-state index in [-0.39, 0.29) is 11.5 Å². The number of aryl methyl sites for hydroxylation is 2. The molecule has 0 aliphatic rings. The van der Waals surface area contributed by atoms with Crippen LogP contribution in [0.15, 0.2) is 36.4 Å². The van der Waals surface area contributed by atoms with Crippen molar-refractivity contribution < 1.29 is 14.7 Å². The number of aromatic carboxylic acids is 1. The van der Waals surface area contributed by atoms with Gasteiger partial charge in [-0.05, 0) is 48.7 Å². The molecule has 2 rings (SSSR count). The fraction of sp³-hybridized carbons (Fsp3) is 0.167. The molecule has 0 aromatic heterocycles. The molecule has 0 bridgehead atoms. The Labute approximate surface area is 134 Å². The van der Waals surface area contributed by atoms with E-state index in [1.807, 2.05) is 13.0 Å².